The van der Waals surface area contributed by atoms with Gasteiger partial charge in [0.05, 0.1) is 22.9 Å². The van der Waals surface area contributed by atoms with Crippen molar-refractivity contribution in [3.63, 3.8) is 0 Å². The van der Waals surface area contributed by atoms with Gasteiger partial charge in [0, 0.05) is 10.5 Å². The quantitative estimate of drug-likeness (QED) is 0.715. The highest BCUT2D eigenvalue weighted by molar-refractivity contribution is 9.10. The number of nitrogens with two attached hydrogens (primary N) is 1. The second-order valence-corrected chi connectivity index (χ2v) is 5.47. The maximum absolute atomic E-state index is 11.7. The summed E-state index contributed by atoms with van der Waals surface area (Å²) in [5.74, 6) is 0.517. The van der Waals surface area contributed by atoms with Crippen molar-refractivity contribution in [2.75, 3.05) is 5.73 Å². The first-order valence-electron chi connectivity index (χ1n) is 6.27. The number of hydrogen-bond acceptors (Lipinski definition) is 4. The number of fused-ring (bicyclic) bond motifs is 1. The van der Waals surface area contributed by atoms with Gasteiger partial charge < -0.3 is 15.5 Å². The third-order valence-corrected chi connectivity index (χ3v) is 3.61. The van der Waals surface area contributed by atoms with E-state index < -0.39 is 0 Å². The molecule has 0 unspecified atom stereocenters. The fourth-order valence-electron chi connectivity index (χ4n) is 1.98. The molecule has 0 aliphatic heterocycles. The Morgan fingerprint density at radius 1 is 1.24 bits per heavy atom. The normalized spacial score (nSPS) is 10.7. The number of nitrogen functional groups attached to an aromatic ring is 1. The number of rotatable bonds is 3. The number of aromatic amines is 1. The third-order valence-electron chi connectivity index (χ3n) is 3.08. The molecule has 0 spiro atoms. The van der Waals surface area contributed by atoms with Crippen LogP contribution in [0.15, 0.2) is 52.0 Å². The number of nitrogens with one attached hydrogen (secondary N) is 1. The summed E-state index contributed by atoms with van der Waals surface area (Å²) in [7, 11) is 0. The van der Waals surface area contributed by atoms with Crippen LogP contribution in [-0.4, -0.2) is 9.97 Å². The lowest BCUT2D eigenvalue weighted by atomic mass is 10.2. The second-order valence-electron chi connectivity index (χ2n) is 4.55. The van der Waals surface area contributed by atoms with E-state index in [-0.39, 0.29) is 5.56 Å². The van der Waals surface area contributed by atoms with E-state index in [9.17, 15) is 4.79 Å². The van der Waals surface area contributed by atoms with Crippen LogP contribution in [0.3, 0.4) is 0 Å². The number of anilines is 1. The van der Waals surface area contributed by atoms with Gasteiger partial charge in [-0.05, 0) is 23.8 Å². The summed E-state index contributed by atoms with van der Waals surface area (Å²) in [6.07, 6.45) is 1.36. The van der Waals surface area contributed by atoms with Crippen molar-refractivity contribution in [3.05, 3.63) is 63.1 Å². The summed E-state index contributed by atoms with van der Waals surface area (Å²) in [4.78, 5) is 18.3. The van der Waals surface area contributed by atoms with Gasteiger partial charge in [0.25, 0.3) is 5.56 Å². The Balaban J connectivity index is 1.88. The molecule has 21 heavy (non-hydrogen) atoms. The smallest absolute Gasteiger partial charge is 0.258 e. The summed E-state index contributed by atoms with van der Waals surface area (Å²) in [5.41, 5.74) is 7.71. The van der Waals surface area contributed by atoms with Crippen molar-refractivity contribution in [1.82, 2.24) is 9.97 Å². The molecule has 3 aromatic rings. The van der Waals surface area contributed by atoms with Crippen molar-refractivity contribution in [2.45, 2.75) is 6.61 Å². The Hall–Kier alpha value is -2.34. The van der Waals surface area contributed by atoms with Crippen LogP contribution >= 0.6 is 15.9 Å². The fourth-order valence-corrected chi connectivity index (χ4v) is 2.24. The van der Waals surface area contributed by atoms with Gasteiger partial charge in [-0.25, -0.2) is 4.98 Å². The Labute approximate surface area is 128 Å². The average molecular weight is 346 g/mol. The summed E-state index contributed by atoms with van der Waals surface area (Å²) in [5, 5.41) is 0.450. The van der Waals surface area contributed by atoms with Gasteiger partial charge in [-0.3, -0.25) is 4.79 Å². The molecule has 0 saturated heterocycles. The summed E-state index contributed by atoms with van der Waals surface area (Å²) >= 11 is 3.39. The Morgan fingerprint density at radius 2 is 2.00 bits per heavy atom. The van der Waals surface area contributed by atoms with Gasteiger partial charge in [-0.2, -0.15) is 0 Å². The Kier molecular flexibility index (Phi) is 3.62. The number of halogens is 1. The molecule has 1 heterocycles. The highest BCUT2D eigenvalue weighted by Crippen LogP contribution is 2.26. The van der Waals surface area contributed by atoms with Crippen LogP contribution in [0.1, 0.15) is 5.56 Å². The summed E-state index contributed by atoms with van der Waals surface area (Å²) in [6.45, 7) is 0.395. The molecule has 0 aliphatic carbocycles. The summed E-state index contributed by atoms with van der Waals surface area (Å²) < 4.78 is 6.73. The standard InChI is InChI=1S/C15H12BrN3O2/c16-10-3-1-9(2-4-10)7-21-14-6-13-11(5-12(14)17)15(20)19-8-18-13/h1-6,8H,7,17H2,(H,18,19,20). The van der Waals surface area contributed by atoms with Gasteiger partial charge in [-0.15, -0.1) is 0 Å². The molecular formula is C15H12BrN3O2. The molecule has 1 aromatic heterocycles. The Morgan fingerprint density at radius 3 is 2.76 bits per heavy atom. The van der Waals surface area contributed by atoms with Crippen molar-refractivity contribution < 1.29 is 4.74 Å². The minimum Gasteiger partial charge on any atom is -0.487 e. The molecule has 0 fully saturated rings. The van der Waals surface area contributed by atoms with Crippen molar-refractivity contribution in [2.24, 2.45) is 0 Å². The molecule has 0 radical (unpaired) electrons. The average Bonchev–Trinajstić information content (AvgIpc) is 2.48. The van der Waals surface area contributed by atoms with E-state index in [0.29, 0.717) is 28.9 Å². The molecule has 0 saturated carbocycles. The zero-order chi connectivity index (χ0) is 14.8. The molecule has 0 atom stereocenters. The van der Waals surface area contributed by atoms with Crippen molar-refractivity contribution in [1.29, 1.82) is 0 Å². The molecule has 3 N–H and O–H groups in total. The molecule has 6 heteroatoms. The number of nitrogens with zero attached hydrogens (tertiary/aromatic N) is 1. The Bertz CT molecular complexity index is 844. The van der Waals surface area contributed by atoms with Crippen LogP contribution in [0.2, 0.25) is 0 Å². The van der Waals surface area contributed by atoms with Crippen LogP contribution in [0.25, 0.3) is 10.9 Å². The van der Waals surface area contributed by atoms with Crippen LogP contribution in [0.4, 0.5) is 5.69 Å². The largest absolute Gasteiger partial charge is 0.487 e. The van der Waals surface area contributed by atoms with Gasteiger partial charge in [0.15, 0.2) is 0 Å². The topological polar surface area (TPSA) is 81.0 Å². The van der Waals surface area contributed by atoms with Gasteiger partial charge in [0.1, 0.15) is 12.4 Å². The minimum absolute atomic E-state index is 0.217. The lowest BCUT2D eigenvalue weighted by Crippen LogP contribution is -2.07. The lowest BCUT2D eigenvalue weighted by molar-refractivity contribution is 0.308. The fraction of sp³-hybridized carbons (Fsp3) is 0.0667. The molecule has 0 bridgehead atoms. The number of H-pyrrole nitrogens is 1. The highest BCUT2D eigenvalue weighted by Gasteiger charge is 2.07. The summed E-state index contributed by atoms with van der Waals surface area (Å²) in [6, 6.07) is 11.1. The predicted octanol–water partition coefficient (Wildman–Crippen LogP) is 2.85. The van der Waals surface area contributed by atoms with E-state index in [2.05, 4.69) is 25.9 Å². The maximum atomic E-state index is 11.7. The SMILES string of the molecule is Nc1cc2c(=O)[nH]cnc2cc1OCc1ccc(Br)cc1. The minimum atomic E-state index is -0.217. The van der Waals surface area contributed by atoms with Gasteiger partial charge >= 0.3 is 0 Å². The molecule has 0 amide bonds. The van der Waals surface area contributed by atoms with E-state index >= 15 is 0 Å². The first-order chi connectivity index (χ1) is 10.1. The lowest BCUT2D eigenvalue weighted by Gasteiger charge is -2.10. The van der Waals surface area contributed by atoms with Crippen molar-refractivity contribution >= 4 is 32.5 Å². The molecule has 2 aromatic carbocycles. The van der Waals surface area contributed by atoms with Crippen molar-refractivity contribution in [3.8, 4) is 5.75 Å². The van der Waals surface area contributed by atoms with Crippen LogP contribution in [0, 0.1) is 0 Å². The van der Waals surface area contributed by atoms with Gasteiger partial charge in [0.2, 0.25) is 0 Å². The molecule has 0 aliphatic rings. The molecule has 3 rings (SSSR count). The van der Waals surface area contributed by atoms with Crippen LogP contribution in [0.5, 0.6) is 5.75 Å². The monoisotopic (exact) mass is 345 g/mol. The van der Waals surface area contributed by atoms with E-state index in [1.807, 2.05) is 24.3 Å². The number of aromatic nitrogens is 2. The predicted molar refractivity (Wildman–Crippen MR) is 85.3 cm³/mol. The molecular weight excluding hydrogens is 334 g/mol. The van der Waals surface area contributed by atoms with E-state index in [1.54, 1.807) is 12.1 Å². The first kappa shape index (κ1) is 13.6. The first-order valence-corrected chi connectivity index (χ1v) is 7.07. The van der Waals surface area contributed by atoms with Crippen LogP contribution in [-0.2, 0) is 6.61 Å². The molecule has 106 valence electrons. The van der Waals surface area contributed by atoms with E-state index in [0.717, 1.165) is 10.0 Å². The van der Waals surface area contributed by atoms with Crippen LogP contribution < -0.4 is 16.0 Å². The second kappa shape index (κ2) is 5.57. The zero-order valence-corrected chi connectivity index (χ0v) is 12.6. The number of ether oxygens (including phenoxy) is 1. The maximum Gasteiger partial charge on any atom is 0.258 e. The van der Waals surface area contributed by atoms with E-state index in [4.69, 9.17) is 10.5 Å². The number of hydrogen-bond donors (Lipinski definition) is 2. The zero-order valence-electron chi connectivity index (χ0n) is 11.0. The molecule has 5 nitrogen and oxygen atoms in total. The highest BCUT2D eigenvalue weighted by atomic mass is 79.9. The van der Waals surface area contributed by atoms with E-state index in [1.165, 1.54) is 6.33 Å². The van der Waals surface area contributed by atoms with Gasteiger partial charge in [-0.1, -0.05) is 28.1 Å². The number of benzene rings is 2. The third kappa shape index (κ3) is 2.90.